The molecule has 2 N–H and O–H groups in total. The Bertz CT molecular complexity index is 375. The lowest BCUT2D eigenvalue weighted by Crippen LogP contribution is -2.33. The summed E-state index contributed by atoms with van der Waals surface area (Å²) in [4.78, 5) is 0. The normalized spacial score (nSPS) is 20.7. The van der Waals surface area contributed by atoms with E-state index >= 15 is 0 Å². The van der Waals surface area contributed by atoms with Crippen molar-refractivity contribution >= 4 is 0 Å². The summed E-state index contributed by atoms with van der Waals surface area (Å²) in [5.74, 6) is 0.504. The van der Waals surface area contributed by atoms with E-state index in [9.17, 15) is 13.2 Å². The molecule has 0 saturated carbocycles. The van der Waals surface area contributed by atoms with Crippen molar-refractivity contribution in [2.24, 2.45) is 5.73 Å². The van der Waals surface area contributed by atoms with E-state index in [0.29, 0.717) is 24.3 Å². The SMILES string of the molecule is NC1COc2ccc(C(F)(F)F)cc2C1. The molecule has 0 amide bonds. The third-order valence-electron chi connectivity index (χ3n) is 2.32. The largest absolute Gasteiger partial charge is 0.492 e. The number of halogens is 3. The monoisotopic (exact) mass is 217 g/mol. The van der Waals surface area contributed by atoms with E-state index < -0.39 is 11.7 Å². The summed E-state index contributed by atoms with van der Waals surface area (Å²) in [5.41, 5.74) is 5.48. The number of rotatable bonds is 0. The van der Waals surface area contributed by atoms with Crippen LogP contribution in [0.2, 0.25) is 0 Å². The third kappa shape index (κ3) is 2.07. The fourth-order valence-electron chi connectivity index (χ4n) is 1.59. The summed E-state index contributed by atoms with van der Waals surface area (Å²) in [7, 11) is 0. The van der Waals surface area contributed by atoms with Crippen LogP contribution in [-0.4, -0.2) is 12.6 Å². The number of nitrogens with two attached hydrogens (primary N) is 1. The Kier molecular flexibility index (Phi) is 2.34. The van der Waals surface area contributed by atoms with Gasteiger partial charge in [0.25, 0.3) is 0 Å². The summed E-state index contributed by atoms with van der Waals surface area (Å²) >= 11 is 0. The maximum absolute atomic E-state index is 12.4. The molecule has 5 heteroatoms. The van der Waals surface area contributed by atoms with E-state index in [1.165, 1.54) is 6.07 Å². The molecule has 1 aromatic carbocycles. The van der Waals surface area contributed by atoms with Crippen LogP contribution in [0, 0.1) is 0 Å². The molecule has 1 unspecified atom stereocenters. The summed E-state index contributed by atoms with van der Waals surface area (Å²) in [5, 5.41) is 0. The number of hydrogen-bond donors (Lipinski definition) is 1. The Balaban J connectivity index is 2.37. The second-order valence-corrected chi connectivity index (χ2v) is 3.60. The van der Waals surface area contributed by atoms with Gasteiger partial charge in [0.05, 0.1) is 5.56 Å². The molecule has 1 aliphatic rings. The van der Waals surface area contributed by atoms with Gasteiger partial charge in [0.1, 0.15) is 12.4 Å². The molecule has 0 saturated heterocycles. The van der Waals surface area contributed by atoms with Crippen LogP contribution in [0.1, 0.15) is 11.1 Å². The second-order valence-electron chi connectivity index (χ2n) is 3.60. The Hall–Kier alpha value is -1.23. The van der Waals surface area contributed by atoms with Crippen LogP contribution in [0.4, 0.5) is 13.2 Å². The van der Waals surface area contributed by atoms with E-state index in [-0.39, 0.29) is 6.04 Å². The molecular weight excluding hydrogens is 207 g/mol. The molecule has 0 bridgehead atoms. The van der Waals surface area contributed by atoms with Crippen LogP contribution in [0.5, 0.6) is 5.75 Å². The standard InChI is InChI=1S/C10H10F3NO/c11-10(12,13)7-1-2-9-6(3-7)4-8(14)5-15-9/h1-3,8H,4-5,14H2. The first-order valence-corrected chi connectivity index (χ1v) is 4.55. The van der Waals surface area contributed by atoms with E-state index in [1.807, 2.05) is 0 Å². The van der Waals surface area contributed by atoms with Crippen LogP contribution in [-0.2, 0) is 12.6 Å². The Morgan fingerprint density at radius 1 is 1.33 bits per heavy atom. The molecule has 0 aliphatic carbocycles. The van der Waals surface area contributed by atoms with Gasteiger partial charge in [-0.1, -0.05) is 0 Å². The fraction of sp³-hybridized carbons (Fsp3) is 0.400. The van der Waals surface area contributed by atoms with Crippen LogP contribution in [0.15, 0.2) is 18.2 Å². The molecule has 1 aliphatic heterocycles. The minimum absolute atomic E-state index is 0.221. The van der Waals surface area contributed by atoms with Crippen LogP contribution < -0.4 is 10.5 Å². The van der Waals surface area contributed by atoms with Gasteiger partial charge in [-0.3, -0.25) is 0 Å². The molecule has 0 aromatic heterocycles. The van der Waals surface area contributed by atoms with E-state index in [4.69, 9.17) is 10.5 Å². The van der Waals surface area contributed by atoms with Gasteiger partial charge in [-0.05, 0) is 30.2 Å². The molecular formula is C10H10F3NO. The third-order valence-corrected chi connectivity index (χ3v) is 2.32. The highest BCUT2D eigenvalue weighted by molar-refractivity contribution is 5.40. The topological polar surface area (TPSA) is 35.2 Å². The summed E-state index contributed by atoms with van der Waals surface area (Å²) < 4.78 is 42.4. The van der Waals surface area contributed by atoms with Crippen molar-refractivity contribution in [3.05, 3.63) is 29.3 Å². The van der Waals surface area contributed by atoms with E-state index in [2.05, 4.69) is 0 Å². The lowest BCUT2D eigenvalue weighted by molar-refractivity contribution is -0.137. The Morgan fingerprint density at radius 3 is 2.73 bits per heavy atom. The van der Waals surface area contributed by atoms with Crippen LogP contribution in [0.25, 0.3) is 0 Å². The highest BCUT2D eigenvalue weighted by atomic mass is 19.4. The quantitative estimate of drug-likeness (QED) is 0.721. The van der Waals surface area contributed by atoms with E-state index in [0.717, 1.165) is 12.1 Å². The smallest absolute Gasteiger partial charge is 0.416 e. The zero-order chi connectivity index (χ0) is 11.1. The van der Waals surface area contributed by atoms with Gasteiger partial charge in [0, 0.05) is 6.04 Å². The predicted molar refractivity (Wildman–Crippen MR) is 48.6 cm³/mol. The van der Waals surface area contributed by atoms with Gasteiger partial charge in [0.15, 0.2) is 0 Å². The van der Waals surface area contributed by atoms with Gasteiger partial charge in [-0.2, -0.15) is 13.2 Å². The molecule has 15 heavy (non-hydrogen) atoms. The van der Waals surface area contributed by atoms with Gasteiger partial charge in [-0.15, -0.1) is 0 Å². The van der Waals surface area contributed by atoms with Crippen molar-refractivity contribution < 1.29 is 17.9 Å². The summed E-state index contributed by atoms with van der Waals surface area (Å²) in [6.45, 7) is 0.359. The molecule has 0 spiro atoms. The minimum Gasteiger partial charge on any atom is -0.492 e. The highest BCUT2D eigenvalue weighted by Gasteiger charge is 2.31. The zero-order valence-corrected chi connectivity index (χ0v) is 7.84. The van der Waals surface area contributed by atoms with Crippen molar-refractivity contribution in [3.8, 4) is 5.75 Å². The highest BCUT2D eigenvalue weighted by Crippen LogP contribution is 2.34. The van der Waals surface area contributed by atoms with Crippen molar-refractivity contribution in [1.29, 1.82) is 0 Å². The molecule has 1 aromatic rings. The van der Waals surface area contributed by atoms with Gasteiger partial charge < -0.3 is 10.5 Å². The van der Waals surface area contributed by atoms with Crippen molar-refractivity contribution in [2.45, 2.75) is 18.6 Å². The van der Waals surface area contributed by atoms with Crippen molar-refractivity contribution in [2.75, 3.05) is 6.61 Å². The average molecular weight is 217 g/mol. The molecule has 82 valence electrons. The number of fused-ring (bicyclic) bond motifs is 1. The van der Waals surface area contributed by atoms with Crippen molar-refractivity contribution in [1.82, 2.24) is 0 Å². The second kappa shape index (κ2) is 3.41. The van der Waals surface area contributed by atoms with Crippen molar-refractivity contribution in [3.63, 3.8) is 0 Å². The fourth-order valence-corrected chi connectivity index (χ4v) is 1.59. The number of alkyl halides is 3. The average Bonchev–Trinajstić information content (AvgIpc) is 2.15. The van der Waals surface area contributed by atoms with Gasteiger partial charge >= 0.3 is 6.18 Å². The molecule has 1 heterocycles. The molecule has 2 nitrogen and oxygen atoms in total. The number of ether oxygens (including phenoxy) is 1. The maximum Gasteiger partial charge on any atom is 0.416 e. The predicted octanol–water partition coefficient (Wildman–Crippen LogP) is 1.97. The van der Waals surface area contributed by atoms with Crippen LogP contribution >= 0.6 is 0 Å². The zero-order valence-electron chi connectivity index (χ0n) is 7.84. The molecule has 1 atom stereocenters. The lowest BCUT2D eigenvalue weighted by atomic mass is 10.0. The van der Waals surface area contributed by atoms with Gasteiger partial charge in [0.2, 0.25) is 0 Å². The maximum atomic E-state index is 12.4. The Labute approximate surface area is 84.8 Å². The molecule has 2 rings (SSSR count). The first-order valence-electron chi connectivity index (χ1n) is 4.55. The lowest BCUT2D eigenvalue weighted by Gasteiger charge is -2.23. The molecule has 0 fully saturated rings. The first kappa shape index (κ1) is 10.3. The minimum atomic E-state index is -4.31. The van der Waals surface area contributed by atoms with E-state index in [1.54, 1.807) is 0 Å². The summed E-state index contributed by atoms with van der Waals surface area (Å²) in [6.07, 6.45) is -3.88. The van der Waals surface area contributed by atoms with Gasteiger partial charge in [-0.25, -0.2) is 0 Å². The Morgan fingerprint density at radius 2 is 2.07 bits per heavy atom. The molecule has 0 radical (unpaired) electrons. The number of hydrogen-bond acceptors (Lipinski definition) is 2. The van der Waals surface area contributed by atoms with Crippen LogP contribution in [0.3, 0.4) is 0 Å². The summed E-state index contributed by atoms with van der Waals surface area (Å²) in [6, 6.07) is 3.26. The number of benzene rings is 1. The first-order chi connectivity index (χ1) is 6.97.